The third-order valence-corrected chi connectivity index (χ3v) is 5.22. The number of hydrogen-bond acceptors (Lipinski definition) is 5. The highest BCUT2D eigenvalue weighted by molar-refractivity contribution is 5.81. The lowest BCUT2D eigenvalue weighted by atomic mass is 9.68. The molecular formula is C19H32O5. The van der Waals surface area contributed by atoms with Crippen LogP contribution in [0.15, 0.2) is 0 Å². The highest BCUT2D eigenvalue weighted by Gasteiger charge is 2.36. The van der Waals surface area contributed by atoms with Gasteiger partial charge in [-0.1, -0.05) is 6.92 Å². The first-order chi connectivity index (χ1) is 11.4. The minimum Gasteiger partial charge on any atom is -0.393 e. The molecule has 0 heterocycles. The van der Waals surface area contributed by atoms with Crippen LogP contribution in [-0.4, -0.2) is 42.3 Å². The number of aliphatic hydroxyl groups is 1. The van der Waals surface area contributed by atoms with Crippen LogP contribution in [0.2, 0.25) is 0 Å². The van der Waals surface area contributed by atoms with Crippen LogP contribution in [0.25, 0.3) is 0 Å². The second-order valence-corrected chi connectivity index (χ2v) is 7.08. The van der Waals surface area contributed by atoms with Crippen molar-refractivity contribution >= 4 is 17.3 Å². The van der Waals surface area contributed by atoms with Gasteiger partial charge in [-0.05, 0) is 50.9 Å². The predicted molar refractivity (Wildman–Crippen MR) is 91.7 cm³/mol. The number of rotatable bonds is 11. The van der Waals surface area contributed by atoms with E-state index < -0.39 is 6.10 Å². The highest BCUT2D eigenvalue weighted by Crippen LogP contribution is 2.39. The Morgan fingerprint density at radius 3 is 2.50 bits per heavy atom. The van der Waals surface area contributed by atoms with Gasteiger partial charge in [0.05, 0.1) is 6.10 Å². The topological polar surface area (TPSA) is 80.7 Å². The van der Waals surface area contributed by atoms with E-state index in [1.165, 1.54) is 7.11 Å². The molecule has 1 saturated carbocycles. The van der Waals surface area contributed by atoms with E-state index in [2.05, 4.69) is 0 Å². The van der Waals surface area contributed by atoms with Gasteiger partial charge >= 0.3 is 0 Å². The Hall–Kier alpha value is -1.07. The summed E-state index contributed by atoms with van der Waals surface area (Å²) in [7, 11) is 1.49. The molecule has 138 valence electrons. The van der Waals surface area contributed by atoms with Gasteiger partial charge in [-0.25, -0.2) is 0 Å². The molecule has 24 heavy (non-hydrogen) atoms. The van der Waals surface area contributed by atoms with Crippen molar-refractivity contribution in [2.24, 2.45) is 17.8 Å². The van der Waals surface area contributed by atoms with Crippen molar-refractivity contribution in [3.8, 4) is 0 Å². The standard InChI is InChI=1S/C19H32O5/c1-4-18(22)17-9-7-15(11-14(17)6-5-13(2)20)19(23)10-8-16(21)12-24-3/h14-15,17,19,23H,4-12H2,1-3H3. The van der Waals surface area contributed by atoms with Gasteiger partial charge in [-0.2, -0.15) is 0 Å². The molecule has 1 aliphatic rings. The second-order valence-electron chi connectivity index (χ2n) is 7.08. The quantitative estimate of drug-likeness (QED) is 0.625. The van der Waals surface area contributed by atoms with E-state index in [0.29, 0.717) is 25.7 Å². The summed E-state index contributed by atoms with van der Waals surface area (Å²) in [5.74, 6) is 0.715. The van der Waals surface area contributed by atoms with Gasteiger partial charge in [0.25, 0.3) is 0 Å². The molecule has 1 rings (SSSR count). The fourth-order valence-electron chi connectivity index (χ4n) is 3.82. The maximum atomic E-state index is 12.2. The number of ketones is 3. The van der Waals surface area contributed by atoms with Crippen LogP contribution in [0.4, 0.5) is 0 Å². The summed E-state index contributed by atoms with van der Waals surface area (Å²) in [4.78, 5) is 35.0. The third-order valence-electron chi connectivity index (χ3n) is 5.22. The van der Waals surface area contributed by atoms with Crippen molar-refractivity contribution in [3.05, 3.63) is 0 Å². The molecule has 4 unspecified atom stereocenters. The summed E-state index contributed by atoms with van der Waals surface area (Å²) in [6.45, 7) is 3.55. The Balaban J connectivity index is 2.60. The maximum absolute atomic E-state index is 12.2. The van der Waals surface area contributed by atoms with Gasteiger partial charge in [0, 0.05) is 32.3 Å². The number of ether oxygens (including phenoxy) is 1. The number of hydrogen-bond donors (Lipinski definition) is 1. The molecule has 0 aromatic carbocycles. The van der Waals surface area contributed by atoms with Gasteiger partial charge in [-0.3, -0.25) is 9.59 Å². The lowest BCUT2D eigenvalue weighted by Gasteiger charge is -2.37. The maximum Gasteiger partial charge on any atom is 0.158 e. The van der Waals surface area contributed by atoms with E-state index in [0.717, 1.165) is 25.7 Å². The average Bonchev–Trinajstić information content (AvgIpc) is 2.57. The van der Waals surface area contributed by atoms with Gasteiger partial charge < -0.3 is 14.6 Å². The molecule has 1 fully saturated rings. The molecule has 0 aromatic heterocycles. The molecule has 5 heteroatoms. The lowest BCUT2D eigenvalue weighted by Crippen LogP contribution is -2.35. The van der Waals surface area contributed by atoms with Gasteiger partial charge in [0.15, 0.2) is 5.78 Å². The fourth-order valence-corrected chi connectivity index (χ4v) is 3.82. The van der Waals surface area contributed by atoms with E-state index in [9.17, 15) is 19.5 Å². The molecule has 1 N–H and O–H groups in total. The summed E-state index contributed by atoms with van der Waals surface area (Å²) in [5, 5.41) is 10.4. The van der Waals surface area contributed by atoms with Crippen molar-refractivity contribution in [2.75, 3.05) is 13.7 Å². The molecule has 0 saturated heterocycles. The van der Waals surface area contributed by atoms with Gasteiger partial charge in [-0.15, -0.1) is 0 Å². The zero-order valence-corrected chi connectivity index (χ0v) is 15.3. The van der Waals surface area contributed by atoms with E-state index in [-0.39, 0.29) is 41.7 Å². The number of carbonyl (C=O) groups is 3. The number of Topliss-reactive ketones (excluding diaryl/α,β-unsaturated/α-hetero) is 3. The first kappa shape index (κ1) is 21.0. The summed E-state index contributed by atoms with van der Waals surface area (Å²) in [6, 6.07) is 0. The molecular weight excluding hydrogens is 308 g/mol. The summed E-state index contributed by atoms with van der Waals surface area (Å²) >= 11 is 0. The molecule has 0 spiro atoms. The number of methoxy groups -OCH3 is 1. The minimum absolute atomic E-state index is 0.000439. The average molecular weight is 340 g/mol. The Bertz CT molecular complexity index is 431. The summed E-state index contributed by atoms with van der Waals surface area (Å²) in [6.07, 6.45) is 4.34. The van der Waals surface area contributed by atoms with E-state index in [1.807, 2.05) is 6.92 Å². The van der Waals surface area contributed by atoms with Gasteiger partial charge in [0.1, 0.15) is 18.2 Å². The first-order valence-electron chi connectivity index (χ1n) is 9.09. The van der Waals surface area contributed by atoms with Crippen molar-refractivity contribution in [1.82, 2.24) is 0 Å². The van der Waals surface area contributed by atoms with E-state index in [1.54, 1.807) is 6.92 Å². The largest absolute Gasteiger partial charge is 0.393 e. The molecule has 1 aliphatic carbocycles. The van der Waals surface area contributed by atoms with Crippen LogP contribution < -0.4 is 0 Å². The monoisotopic (exact) mass is 340 g/mol. The van der Waals surface area contributed by atoms with Crippen molar-refractivity contribution in [2.45, 2.75) is 71.3 Å². The summed E-state index contributed by atoms with van der Waals surface area (Å²) in [5.41, 5.74) is 0. The predicted octanol–water partition coefficient (Wildman–Crippen LogP) is 2.72. The SMILES string of the molecule is CCC(=O)C1CCC(C(O)CCC(=O)COC)CC1CCC(C)=O. The van der Waals surface area contributed by atoms with Crippen molar-refractivity contribution in [1.29, 1.82) is 0 Å². The van der Waals surface area contributed by atoms with Crippen molar-refractivity contribution in [3.63, 3.8) is 0 Å². The summed E-state index contributed by atoms with van der Waals surface area (Å²) < 4.78 is 4.80. The normalized spacial score (nSPS) is 25.2. The molecule has 0 aliphatic heterocycles. The molecule has 5 nitrogen and oxygen atoms in total. The minimum atomic E-state index is -0.525. The van der Waals surface area contributed by atoms with Gasteiger partial charge in [0.2, 0.25) is 0 Å². The molecule has 0 bridgehead atoms. The highest BCUT2D eigenvalue weighted by atomic mass is 16.5. The number of aliphatic hydroxyl groups excluding tert-OH is 1. The zero-order valence-electron chi connectivity index (χ0n) is 15.3. The van der Waals surface area contributed by atoms with Crippen LogP contribution >= 0.6 is 0 Å². The molecule has 0 amide bonds. The Kier molecular flexibility index (Phi) is 9.37. The Morgan fingerprint density at radius 2 is 1.92 bits per heavy atom. The second kappa shape index (κ2) is 10.7. The molecule has 0 radical (unpaired) electrons. The van der Waals surface area contributed by atoms with Crippen LogP contribution in [-0.2, 0) is 19.1 Å². The Labute approximate surface area is 145 Å². The third kappa shape index (κ3) is 6.81. The fraction of sp³-hybridized carbons (Fsp3) is 0.842. The van der Waals surface area contributed by atoms with Crippen LogP contribution in [0.5, 0.6) is 0 Å². The smallest absolute Gasteiger partial charge is 0.158 e. The lowest BCUT2D eigenvalue weighted by molar-refractivity contribution is -0.127. The first-order valence-corrected chi connectivity index (χ1v) is 9.09. The van der Waals surface area contributed by atoms with E-state index in [4.69, 9.17) is 4.74 Å². The Morgan fingerprint density at radius 1 is 1.21 bits per heavy atom. The zero-order chi connectivity index (χ0) is 18.1. The molecule has 4 atom stereocenters. The van der Waals surface area contributed by atoms with Crippen LogP contribution in [0.3, 0.4) is 0 Å². The molecule has 0 aromatic rings. The van der Waals surface area contributed by atoms with E-state index >= 15 is 0 Å². The van der Waals surface area contributed by atoms with Crippen LogP contribution in [0, 0.1) is 17.8 Å². The number of carbonyl (C=O) groups excluding carboxylic acids is 3. The van der Waals surface area contributed by atoms with Crippen molar-refractivity contribution < 1.29 is 24.2 Å². The van der Waals surface area contributed by atoms with Crippen LogP contribution in [0.1, 0.15) is 65.2 Å².